The van der Waals surface area contributed by atoms with E-state index in [4.69, 9.17) is 0 Å². The first-order chi connectivity index (χ1) is 12.3. The molecule has 1 aromatic heterocycles. The molecule has 0 saturated carbocycles. The summed E-state index contributed by atoms with van der Waals surface area (Å²) in [5, 5.41) is 2.70. The van der Waals surface area contributed by atoms with Crippen molar-refractivity contribution in [1.82, 2.24) is 19.2 Å². The highest BCUT2D eigenvalue weighted by Gasteiger charge is 2.22. The Balaban J connectivity index is 1.85. The Kier molecular flexibility index (Phi) is 6.64. The van der Waals surface area contributed by atoms with Crippen LogP contribution in [0.4, 0.5) is 0 Å². The lowest BCUT2D eigenvalue weighted by Crippen LogP contribution is -2.38. The smallest absolute Gasteiger partial charge is 0.243 e. The number of nitrogens with one attached hydrogen (secondary N) is 1. The van der Waals surface area contributed by atoms with Gasteiger partial charge >= 0.3 is 0 Å². The lowest BCUT2D eigenvalue weighted by atomic mass is 10.2. The molecule has 2 aromatic rings. The van der Waals surface area contributed by atoms with E-state index in [1.165, 1.54) is 38.2 Å². The van der Waals surface area contributed by atoms with Crippen LogP contribution in [0.25, 0.3) is 0 Å². The molecule has 0 fully saturated rings. The molecule has 1 N–H and O–H groups in total. The van der Waals surface area contributed by atoms with E-state index in [1.54, 1.807) is 12.5 Å². The summed E-state index contributed by atoms with van der Waals surface area (Å²) in [5.41, 5.74) is 0.433. The summed E-state index contributed by atoms with van der Waals surface area (Å²) in [7, 11) is -2.45. The second-order valence-corrected chi connectivity index (χ2v) is 7.89. The SMILES string of the molecule is CC(=O)c1ccc(S(=O)(=O)N(C)CC(=O)NCCCn2ccnc2)cc1. The van der Waals surface area contributed by atoms with Gasteiger partial charge in [-0.25, -0.2) is 13.4 Å². The number of carbonyl (C=O) groups is 2. The van der Waals surface area contributed by atoms with Crippen LogP contribution >= 0.6 is 0 Å². The van der Waals surface area contributed by atoms with Gasteiger partial charge in [-0.1, -0.05) is 12.1 Å². The molecule has 0 bridgehead atoms. The average Bonchev–Trinajstić information content (AvgIpc) is 3.12. The Morgan fingerprint density at radius 3 is 2.50 bits per heavy atom. The number of Topliss-reactive ketones (excluding diaryl/α,β-unsaturated/α-hetero) is 1. The quantitative estimate of drug-likeness (QED) is 0.516. The third kappa shape index (κ3) is 5.24. The van der Waals surface area contributed by atoms with Crippen LogP contribution in [-0.4, -0.2) is 54.1 Å². The van der Waals surface area contributed by atoms with E-state index >= 15 is 0 Å². The number of carbonyl (C=O) groups excluding carboxylic acids is 2. The predicted octanol–water partition coefficient (Wildman–Crippen LogP) is 0.913. The molecule has 2 rings (SSSR count). The van der Waals surface area contributed by atoms with E-state index in [0.29, 0.717) is 18.5 Å². The van der Waals surface area contributed by atoms with Crippen LogP contribution in [0.15, 0.2) is 47.9 Å². The van der Waals surface area contributed by atoms with Crippen molar-refractivity contribution in [1.29, 1.82) is 0 Å². The zero-order chi connectivity index (χ0) is 19.2. The Bertz CT molecular complexity index is 845. The molecule has 8 nitrogen and oxygen atoms in total. The zero-order valence-corrected chi connectivity index (χ0v) is 15.6. The number of benzene rings is 1. The molecule has 1 heterocycles. The second-order valence-electron chi connectivity index (χ2n) is 5.85. The number of sulfonamides is 1. The lowest BCUT2D eigenvalue weighted by Gasteiger charge is -2.17. The fourth-order valence-electron chi connectivity index (χ4n) is 2.29. The van der Waals surface area contributed by atoms with Gasteiger partial charge < -0.3 is 9.88 Å². The molecule has 0 aliphatic heterocycles. The molecule has 140 valence electrons. The number of hydrogen-bond donors (Lipinski definition) is 1. The van der Waals surface area contributed by atoms with Gasteiger partial charge in [-0.3, -0.25) is 9.59 Å². The van der Waals surface area contributed by atoms with Crippen LogP contribution in [0.2, 0.25) is 0 Å². The maximum atomic E-state index is 12.5. The third-order valence-electron chi connectivity index (χ3n) is 3.81. The molecular formula is C17H22N4O4S. The van der Waals surface area contributed by atoms with Crippen LogP contribution in [0.3, 0.4) is 0 Å². The summed E-state index contributed by atoms with van der Waals surface area (Å²) >= 11 is 0. The number of nitrogens with zero attached hydrogens (tertiary/aromatic N) is 3. The van der Waals surface area contributed by atoms with E-state index in [9.17, 15) is 18.0 Å². The standard InChI is InChI=1S/C17H22N4O4S/c1-14(22)15-4-6-16(7-5-15)26(24,25)20(2)12-17(23)19-8-3-10-21-11-9-18-13-21/h4-7,9,11,13H,3,8,10,12H2,1-2H3,(H,19,23). The number of amides is 1. The van der Waals surface area contributed by atoms with Gasteiger partial charge in [0, 0.05) is 38.1 Å². The second kappa shape index (κ2) is 8.72. The molecule has 0 saturated heterocycles. The van der Waals surface area contributed by atoms with Crippen molar-refractivity contribution in [3.05, 3.63) is 48.5 Å². The molecule has 0 spiro atoms. The summed E-state index contributed by atoms with van der Waals surface area (Å²) in [6.45, 7) is 2.30. The Labute approximate surface area is 152 Å². The van der Waals surface area contributed by atoms with Crippen molar-refractivity contribution in [3.8, 4) is 0 Å². The first-order valence-corrected chi connectivity index (χ1v) is 9.54. The first-order valence-electron chi connectivity index (χ1n) is 8.10. The molecule has 0 unspecified atom stereocenters. The number of aromatic nitrogens is 2. The molecule has 0 atom stereocenters. The van der Waals surface area contributed by atoms with Gasteiger partial charge in [0.1, 0.15) is 0 Å². The Hall–Kier alpha value is -2.52. The fourth-order valence-corrected chi connectivity index (χ4v) is 3.42. The number of likely N-dealkylation sites (N-methyl/N-ethyl adjacent to an activating group) is 1. The average molecular weight is 378 g/mol. The minimum Gasteiger partial charge on any atom is -0.355 e. The van der Waals surface area contributed by atoms with E-state index in [-0.39, 0.29) is 23.1 Å². The number of hydrogen-bond acceptors (Lipinski definition) is 5. The number of ketones is 1. The van der Waals surface area contributed by atoms with Crippen LogP contribution in [0, 0.1) is 0 Å². The van der Waals surface area contributed by atoms with E-state index in [2.05, 4.69) is 10.3 Å². The van der Waals surface area contributed by atoms with Crippen molar-refractivity contribution in [2.75, 3.05) is 20.1 Å². The summed E-state index contributed by atoms with van der Waals surface area (Å²) in [5.74, 6) is -0.514. The summed E-state index contributed by atoms with van der Waals surface area (Å²) < 4.78 is 27.9. The molecule has 0 aliphatic rings. The van der Waals surface area contributed by atoms with Crippen LogP contribution in [0.5, 0.6) is 0 Å². The lowest BCUT2D eigenvalue weighted by molar-refractivity contribution is -0.121. The van der Waals surface area contributed by atoms with Gasteiger partial charge in [-0.05, 0) is 25.5 Å². The first kappa shape index (κ1) is 19.8. The van der Waals surface area contributed by atoms with Gasteiger partial charge in [0.25, 0.3) is 0 Å². The molecule has 1 amide bonds. The van der Waals surface area contributed by atoms with E-state index in [1.807, 2.05) is 10.8 Å². The monoisotopic (exact) mass is 378 g/mol. The van der Waals surface area contributed by atoms with E-state index < -0.39 is 10.0 Å². The fraction of sp³-hybridized carbons (Fsp3) is 0.353. The van der Waals surface area contributed by atoms with Gasteiger partial charge in [0.05, 0.1) is 17.8 Å². The third-order valence-corrected chi connectivity index (χ3v) is 5.63. The maximum absolute atomic E-state index is 12.5. The molecule has 9 heteroatoms. The summed E-state index contributed by atoms with van der Waals surface area (Å²) in [4.78, 5) is 27.2. The van der Waals surface area contributed by atoms with Crippen molar-refractivity contribution < 1.29 is 18.0 Å². The van der Waals surface area contributed by atoms with Crippen LogP contribution in [0.1, 0.15) is 23.7 Å². The van der Waals surface area contributed by atoms with Crippen LogP contribution in [-0.2, 0) is 21.4 Å². The van der Waals surface area contributed by atoms with Gasteiger partial charge in [-0.2, -0.15) is 4.31 Å². The molecule has 0 aliphatic carbocycles. The maximum Gasteiger partial charge on any atom is 0.243 e. The molecule has 0 radical (unpaired) electrons. The molecule has 26 heavy (non-hydrogen) atoms. The number of imidazole rings is 1. The van der Waals surface area contributed by atoms with Crippen molar-refractivity contribution in [2.45, 2.75) is 24.8 Å². The molecule has 1 aromatic carbocycles. The largest absolute Gasteiger partial charge is 0.355 e. The summed E-state index contributed by atoms with van der Waals surface area (Å²) in [6, 6.07) is 5.65. The predicted molar refractivity (Wildman–Crippen MR) is 96.1 cm³/mol. The van der Waals surface area contributed by atoms with Crippen molar-refractivity contribution >= 4 is 21.7 Å². The number of rotatable bonds is 9. The normalized spacial score (nSPS) is 11.5. The van der Waals surface area contributed by atoms with Crippen LogP contribution < -0.4 is 5.32 Å². The summed E-state index contributed by atoms with van der Waals surface area (Å²) in [6.07, 6.45) is 5.92. The van der Waals surface area contributed by atoms with Crippen molar-refractivity contribution in [3.63, 3.8) is 0 Å². The topological polar surface area (TPSA) is 101 Å². The Morgan fingerprint density at radius 2 is 1.92 bits per heavy atom. The zero-order valence-electron chi connectivity index (χ0n) is 14.8. The Morgan fingerprint density at radius 1 is 1.23 bits per heavy atom. The highest BCUT2D eigenvalue weighted by Crippen LogP contribution is 2.15. The minimum absolute atomic E-state index is 0.0397. The van der Waals surface area contributed by atoms with Gasteiger partial charge in [-0.15, -0.1) is 0 Å². The van der Waals surface area contributed by atoms with Gasteiger partial charge in [0.2, 0.25) is 15.9 Å². The molecular weight excluding hydrogens is 356 g/mol. The van der Waals surface area contributed by atoms with Crippen molar-refractivity contribution in [2.24, 2.45) is 0 Å². The van der Waals surface area contributed by atoms with E-state index in [0.717, 1.165) is 10.8 Å². The van der Waals surface area contributed by atoms with Gasteiger partial charge in [0.15, 0.2) is 5.78 Å². The number of aryl methyl sites for hydroxylation is 1. The highest BCUT2D eigenvalue weighted by molar-refractivity contribution is 7.89. The minimum atomic E-state index is -3.79. The highest BCUT2D eigenvalue weighted by atomic mass is 32.2.